The molecule has 2 fully saturated rings. The summed E-state index contributed by atoms with van der Waals surface area (Å²) >= 11 is 5.87. The molecule has 1 aliphatic carbocycles. The standard InChI is InChI=1S/C22H23ClF3N7O/c1-12-4-19(28-11-27-12)32-8-13-2-3-14(9-32)20(13)29-21-30-22(33(31-21)10-18(25)26)34-17-6-15(23)5-16(24)7-17/h4-7,11,13-14,18,20H,2-3,8-10H2,1H3,(H,29,31)/t13-,14+,20?. The van der Waals surface area contributed by atoms with E-state index >= 15 is 0 Å². The molecule has 1 saturated heterocycles. The highest BCUT2D eigenvalue weighted by molar-refractivity contribution is 6.30. The average Bonchev–Trinajstić information content (AvgIpc) is 3.21. The molecule has 3 heterocycles. The predicted octanol–water partition coefficient (Wildman–Crippen LogP) is 4.55. The summed E-state index contributed by atoms with van der Waals surface area (Å²) < 4.78 is 46.5. The van der Waals surface area contributed by atoms with Crippen LogP contribution < -0.4 is 15.0 Å². The van der Waals surface area contributed by atoms with Gasteiger partial charge in [0.05, 0.1) is 0 Å². The molecule has 12 heteroatoms. The van der Waals surface area contributed by atoms with Gasteiger partial charge >= 0.3 is 6.01 Å². The molecule has 0 spiro atoms. The summed E-state index contributed by atoms with van der Waals surface area (Å²) in [5, 5.41) is 7.66. The summed E-state index contributed by atoms with van der Waals surface area (Å²) in [6, 6.07) is 5.51. The third kappa shape index (κ3) is 4.89. The van der Waals surface area contributed by atoms with Gasteiger partial charge < -0.3 is 15.0 Å². The van der Waals surface area contributed by atoms with Crippen LogP contribution in [0.3, 0.4) is 0 Å². The van der Waals surface area contributed by atoms with Crippen LogP contribution in [-0.4, -0.2) is 50.3 Å². The number of ether oxygens (including phenoxy) is 1. The minimum atomic E-state index is -2.66. The summed E-state index contributed by atoms with van der Waals surface area (Å²) in [6.45, 7) is 2.86. The molecular weight excluding hydrogens is 471 g/mol. The number of hydrogen-bond acceptors (Lipinski definition) is 7. The molecule has 0 amide bonds. The van der Waals surface area contributed by atoms with E-state index in [1.165, 1.54) is 6.07 Å². The molecule has 5 rings (SSSR count). The Bertz CT molecular complexity index is 1140. The molecule has 1 unspecified atom stereocenters. The van der Waals surface area contributed by atoms with Gasteiger partial charge in [0.15, 0.2) is 0 Å². The van der Waals surface area contributed by atoms with Gasteiger partial charge in [-0.1, -0.05) is 11.6 Å². The number of piperidine rings is 1. The van der Waals surface area contributed by atoms with E-state index in [9.17, 15) is 13.2 Å². The lowest BCUT2D eigenvalue weighted by molar-refractivity contribution is 0.118. The SMILES string of the molecule is Cc1cc(N2C[C@H]3CC[C@@H](C2)C3Nc2nc(Oc3cc(F)cc(Cl)c3)n(CC(F)F)n2)ncn1. The van der Waals surface area contributed by atoms with Crippen molar-refractivity contribution in [1.82, 2.24) is 24.7 Å². The monoisotopic (exact) mass is 493 g/mol. The van der Waals surface area contributed by atoms with E-state index in [0.717, 1.165) is 54.3 Å². The summed E-state index contributed by atoms with van der Waals surface area (Å²) in [7, 11) is 0. The van der Waals surface area contributed by atoms with Crippen molar-refractivity contribution in [2.45, 2.75) is 38.8 Å². The second-order valence-electron chi connectivity index (χ2n) is 8.69. The first kappa shape index (κ1) is 22.7. The molecule has 180 valence electrons. The van der Waals surface area contributed by atoms with Crippen molar-refractivity contribution in [2.75, 3.05) is 23.3 Å². The maximum atomic E-state index is 13.7. The van der Waals surface area contributed by atoms with Crippen LogP contribution in [0.5, 0.6) is 11.8 Å². The fraction of sp³-hybridized carbons (Fsp3) is 0.455. The van der Waals surface area contributed by atoms with Gasteiger partial charge in [0, 0.05) is 42.0 Å². The first-order chi connectivity index (χ1) is 16.3. The van der Waals surface area contributed by atoms with E-state index < -0.39 is 18.8 Å². The molecule has 2 aliphatic rings. The Labute approximate surface area is 199 Å². The number of alkyl halides is 2. The van der Waals surface area contributed by atoms with Crippen molar-refractivity contribution >= 4 is 23.4 Å². The Morgan fingerprint density at radius 1 is 1.15 bits per heavy atom. The summed E-state index contributed by atoms with van der Waals surface area (Å²) in [6.07, 6.45) is 0.977. The number of nitrogens with zero attached hydrogens (tertiary/aromatic N) is 6. The molecule has 3 atom stereocenters. The first-order valence-electron chi connectivity index (χ1n) is 11.0. The van der Waals surface area contributed by atoms with E-state index in [2.05, 4.69) is 30.3 Å². The Hall–Kier alpha value is -3.08. The highest BCUT2D eigenvalue weighted by Gasteiger charge is 2.43. The van der Waals surface area contributed by atoms with Crippen LogP contribution >= 0.6 is 11.6 Å². The van der Waals surface area contributed by atoms with Gasteiger partial charge in [-0.05, 0) is 43.7 Å². The fourth-order valence-electron chi connectivity index (χ4n) is 4.81. The second-order valence-corrected chi connectivity index (χ2v) is 9.13. The third-order valence-corrected chi connectivity index (χ3v) is 6.46. The van der Waals surface area contributed by atoms with Crippen molar-refractivity contribution < 1.29 is 17.9 Å². The smallest absolute Gasteiger partial charge is 0.322 e. The Balaban J connectivity index is 1.33. The highest BCUT2D eigenvalue weighted by Crippen LogP contribution is 2.40. The fourth-order valence-corrected chi connectivity index (χ4v) is 5.03. The topological polar surface area (TPSA) is 81.0 Å². The quantitative estimate of drug-likeness (QED) is 0.517. The number of fused-ring (bicyclic) bond motifs is 2. The lowest BCUT2D eigenvalue weighted by atomic mass is 9.92. The van der Waals surface area contributed by atoms with Crippen LogP contribution in [0.4, 0.5) is 24.9 Å². The van der Waals surface area contributed by atoms with Crippen LogP contribution in [-0.2, 0) is 6.54 Å². The molecule has 1 aromatic carbocycles. The van der Waals surface area contributed by atoms with Crippen LogP contribution in [0.15, 0.2) is 30.6 Å². The van der Waals surface area contributed by atoms with E-state index in [0.29, 0.717) is 11.8 Å². The van der Waals surface area contributed by atoms with Crippen LogP contribution in [0, 0.1) is 24.6 Å². The van der Waals surface area contributed by atoms with Gasteiger partial charge in [-0.2, -0.15) is 4.98 Å². The zero-order chi connectivity index (χ0) is 23.8. The first-order valence-corrected chi connectivity index (χ1v) is 11.4. The van der Waals surface area contributed by atoms with Gasteiger partial charge in [-0.15, -0.1) is 5.10 Å². The number of rotatable bonds is 7. The lowest BCUT2D eigenvalue weighted by Gasteiger charge is -2.38. The van der Waals surface area contributed by atoms with Gasteiger partial charge in [0.2, 0.25) is 5.95 Å². The van der Waals surface area contributed by atoms with E-state index in [1.807, 2.05) is 13.0 Å². The average molecular weight is 494 g/mol. The Kier molecular flexibility index (Phi) is 6.20. The zero-order valence-corrected chi connectivity index (χ0v) is 19.1. The molecule has 0 radical (unpaired) electrons. The minimum Gasteiger partial charge on any atom is -0.424 e. The number of anilines is 2. The van der Waals surface area contributed by atoms with Crippen LogP contribution in [0.2, 0.25) is 5.02 Å². The largest absolute Gasteiger partial charge is 0.424 e. The second kappa shape index (κ2) is 9.28. The summed E-state index contributed by atoms with van der Waals surface area (Å²) in [5.41, 5.74) is 0.915. The number of benzene rings is 1. The molecule has 1 saturated carbocycles. The molecule has 2 aromatic heterocycles. The molecule has 8 nitrogen and oxygen atoms in total. The van der Waals surface area contributed by atoms with Gasteiger partial charge in [-0.25, -0.2) is 27.8 Å². The summed E-state index contributed by atoms with van der Waals surface area (Å²) in [4.78, 5) is 15.1. The van der Waals surface area contributed by atoms with E-state index in [-0.39, 0.29) is 28.8 Å². The molecule has 34 heavy (non-hydrogen) atoms. The van der Waals surface area contributed by atoms with Gasteiger partial charge in [0.1, 0.15) is 30.3 Å². The molecule has 2 bridgehead atoms. The predicted molar refractivity (Wildman–Crippen MR) is 120 cm³/mol. The lowest BCUT2D eigenvalue weighted by Crippen LogP contribution is -2.48. The molecule has 3 aromatic rings. The molecule has 1 N–H and O–H groups in total. The molecule has 1 aliphatic heterocycles. The summed E-state index contributed by atoms with van der Waals surface area (Å²) in [5.74, 6) is 1.19. The van der Waals surface area contributed by atoms with Crippen molar-refractivity contribution in [3.05, 3.63) is 47.1 Å². The van der Waals surface area contributed by atoms with Gasteiger partial charge in [0.25, 0.3) is 6.43 Å². The van der Waals surface area contributed by atoms with Crippen LogP contribution in [0.25, 0.3) is 0 Å². The van der Waals surface area contributed by atoms with Crippen molar-refractivity contribution in [1.29, 1.82) is 0 Å². The number of hydrogen-bond donors (Lipinski definition) is 1. The normalized spacial score (nSPS) is 21.8. The Morgan fingerprint density at radius 3 is 2.59 bits per heavy atom. The highest BCUT2D eigenvalue weighted by atomic mass is 35.5. The minimum absolute atomic E-state index is 0.0491. The number of halogens is 4. The molecular formula is C22H23ClF3N7O. The Morgan fingerprint density at radius 2 is 1.91 bits per heavy atom. The van der Waals surface area contributed by atoms with Crippen molar-refractivity contribution in [3.8, 4) is 11.8 Å². The zero-order valence-electron chi connectivity index (χ0n) is 18.3. The maximum Gasteiger partial charge on any atom is 0.322 e. The van der Waals surface area contributed by atoms with E-state index in [1.54, 1.807) is 6.33 Å². The third-order valence-electron chi connectivity index (χ3n) is 6.24. The number of aromatic nitrogens is 5. The number of aryl methyl sites for hydroxylation is 1. The maximum absolute atomic E-state index is 13.7. The van der Waals surface area contributed by atoms with Crippen molar-refractivity contribution in [3.63, 3.8) is 0 Å². The van der Waals surface area contributed by atoms with Gasteiger partial charge in [-0.3, -0.25) is 0 Å². The van der Waals surface area contributed by atoms with E-state index in [4.69, 9.17) is 16.3 Å². The van der Waals surface area contributed by atoms with Crippen molar-refractivity contribution in [2.24, 2.45) is 11.8 Å². The number of nitrogens with one attached hydrogen (secondary N) is 1. The van der Waals surface area contributed by atoms with Crippen LogP contribution in [0.1, 0.15) is 18.5 Å².